The summed E-state index contributed by atoms with van der Waals surface area (Å²) in [5.41, 5.74) is 1.54. The van der Waals surface area contributed by atoms with Crippen LogP contribution in [0.2, 0.25) is 0 Å². The maximum absolute atomic E-state index is 14.0. The molecule has 2 aromatic heterocycles. The summed E-state index contributed by atoms with van der Waals surface area (Å²) in [6.45, 7) is 5.06. The fraction of sp³-hybridized carbons (Fsp3) is 0.462. The number of sulfone groups is 1. The van der Waals surface area contributed by atoms with Crippen LogP contribution in [-0.2, 0) is 16.0 Å². The van der Waals surface area contributed by atoms with Crippen LogP contribution in [-0.4, -0.2) is 56.4 Å². The van der Waals surface area contributed by atoms with E-state index in [2.05, 4.69) is 38.5 Å². The Balaban J connectivity index is 1.37. The van der Waals surface area contributed by atoms with E-state index in [0.29, 0.717) is 18.4 Å². The van der Waals surface area contributed by atoms with Gasteiger partial charge in [0.05, 0.1) is 22.9 Å². The number of halogens is 3. The van der Waals surface area contributed by atoms with E-state index in [-0.39, 0.29) is 38.8 Å². The zero-order valence-corrected chi connectivity index (χ0v) is 22.8. The Morgan fingerprint density at radius 3 is 2.79 bits per heavy atom. The Morgan fingerprint density at radius 1 is 1.23 bits per heavy atom. The summed E-state index contributed by atoms with van der Waals surface area (Å²) in [7, 11) is -3.66. The summed E-state index contributed by atoms with van der Waals surface area (Å²) in [6, 6.07) is 7.69. The van der Waals surface area contributed by atoms with Gasteiger partial charge in [-0.15, -0.1) is 0 Å². The first-order valence-electron chi connectivity index (χ1n) is 12.9. The number of benzene rings is 1. The van der Waals surface area contributed by atoms with E-state index in [1.807, 2.05) is 12.1 Å². The number of hydrogen-bond acceptors (Lipinski definition) is 9. The van der Waals surface area contributed by atoms with E-state index in [4.69, 9.17) is 4.74 Å². The van der Waals surface area contributed by atoms with Gasteiger partial charge in [0, 0.05) is 43.2 Å². The molecule has 3 aliphatic rings. The molecule has 1 saturated carbocycles. The second-order valence-electron chi connectivity index (χ2n) is 10.2. The standard InChI is InChI=1S/C26H28F3N5O3S2/c1-15-13-30-7-8-34(15)17-5-6-20(18(11-17)16-3-4-16)32-25-31-14-19(26(27,28)29)23(33-25)21-12-22-24(38-21)37-9-2-10-39(22,35)36/h5-6,11-12,14-16,30H,2-4,7-10,13H2,1H3,(H,31,32,33)/t15-/m0/s1. The van der Waals surface area contributed by atoms with Crippen LogP contribution in [0.4, 0.5) is 30.5 Å². The smallest absolute Gasteiger partial charge is 0.420 e. The highest BCUT2D eigenvalue weighted by Gasteiger charge is 2.37. The van der Waals surface area contributed by atoms with Crippen molar-refractivity contribution in [3.8, 4) is 15.6 Å². The van der Waals surface area contributed by atoms with Crippen molar-refractivity contribution in [1.29, 1.82) is 0 Å². The Labute approximate surface area is 228 Å². The maximum Gasteiger partial charge on any atom is 0.420 e. The molecule has 0 unspecified atom stereocenters. The number of ether oxygens (including phenoxy) is 1. The van der Waals surface area contributed by atoms with Gasteiger partial charge in [-0.25, -0.2) is 18.4 Å². The van der Waals surface area contributed by atoms with Crippen LogP contribution in [0.15, 0.2) is 35.4 Å². The average molecular weight is 580 g/mol. The van der Waals surface area contributed by atoms with E-state index in [0.717, 1.165) is 66.9 Å². The Kier molecular flexibility index (Phi) is 6.71. The molecular weight excluding hydrogens is 551 g/mol. The number of anilines is 3. The lowest BCUT2D eigenvalue weighted by molar-refractivity contribution is -0.137. The van der Waals surface area contributed by atoms with Crippen LogP contribution in [0.5, 0.6) is 5.06 Å². The number of aromatic nitrogens is 2. The first-order chi connectivity index (χ1) is 18.6. The Morgan fingerprint density at radius 2 is 2.05 bits per heavy atom. The van der Waals surface area contributed by atoms with Crippen molar-refractivity contribution < 1.29 is 26.3 Å². The second-order valence-corrected chi connectivity index (χ2v) is 13.2. The molecule has 2 fully saturated rings. The summed E-state index contributed by atoms with van der Waals surface area (Å²) >= 11 is 0.855. The molecule has 0 spiro atoms. The third-order valence-corrected chi connectivity index (χ3v) is 10.2. The summed E-state index contributed by atoms with van der Waals surface area (Å²) in [5, 5.41) is 6.64. The second kappa shape index (κ2) is 9.93. The predicted octanol–water partition coefficient (Wildman–Crippen LogP) is 5.20. The number of alkyl halides is 3. The highest BCUT2D eigenvalue weighted by molar-refractivity contribution is 7.91. The summed E-state index contributed by atoms with van der Waals surface area (Å²) in [4.78, 5) is 10.6. The van der Waals surface area contributed by atoms with Gasteiger partial charge in [-0.05, 0) is 61.9 Å². The monoisotopic (exact) mass is 579 g/mol. The van der Waals surface area contributed by atoms with Gasteiger partial charge in [-0.1, -0.05) is 11.3 Å². The molecule has 13 heteroatoms. The van der Waals surface area contributed by atoms with Gasteiger partial charge >= 0.3 is 6.18 Å². The molecule has 0 amide bonds. The summed E-state index contributed by atoms with van der Waals surface area (Å²) in [5.74, 6) is 0.261. The molecular formula is C26H28F3N5O3S2. The van der Waals surface area contributed by atoms with Crippen molar-refractivity contribution in [2.75, 3.05) is 42.2 Å². The quantitative estimate of drug-likeness (QED) is 0.426. The molecule has 2 aliphatic heterocycles. The lowest BCUT2D eigenvalue weighted by atomic mass is 10.1. The van der Waals surface area contributed by atoms with Crippen LogP contribution >= 0.6 is 11.3 Å². The fourth-order valence-electron chi connectivity index (χ4n) is 5.07. The molecule has 0 radical (unpaired) electrons. The van der Waals surface area contributed by atoms with Crippen molar-refractivity contribution in [2.24, 2.45) is 0 Å². The molecule has 1 saturated heterocycles. The van der Waals surface area contributed by atoms with Gasteiger partial charge in [0.25, 0.3) is 0 Å². The highest BCUT2D eigenvalue weighted by atomic mass is 32.2. The minimum atomic E-state index is -4.73. The molecule has 4 heterocycles. The van der Waals surface area contributed by atoms with E-state index in [1.165, 1.54) is 6.07 Å². The van der Waals surface area contributed by atoms with Gasteiger partial charge in [0.15, 0.2) is 14.9 Å². The first-order valence-corrected chi connectivity index (χ1v) is 15.4. The number of hydrogen-bond donors (Lipinski definition) is 2. The molecule has 8 nitrogen and oxygen atoms in total. The lowest BCUT2D eigenvalue weighted by Gasteiger charge is -2.36. The van der Waals surface area contributed by atoms with Crippen LogP contribution in [0.3, 0.4) is 0 Å². The Bertz CT molecular complexity index is 1500. The topological polar surface area (TPSA) is 96.5 Å². The lowest BCUT2D eigenvalue weighted by Crippen LogP contribution is -2.49. The van der Waals surface area contributed by atoms with Gasteiger partial charge in [0.2, 0.25) is 5.95 Å². The maximum atomic E-state index is 14.0. The molecule has 0 bridgehead atoms. The van der Waals surface area contributed by atoms with Crippen LogP contribution in [0.25, 0.3) is 10.6 Å². The number of piperazine rings is 1. The highest BCUT2D eigenvalue weighted by Crippen LogP contribution is 2.47. The summed E-state index contributed by atoms with van der Waals surface area (Å²) < 4.78 is 72.8. The van der Waals surface area contributed by atoms with Crippen molar-refractivity contribution in [1.82, 2.24) is 15.3 Å². The average Bonchev–Trinajstić information content (AvgIpc) is 3.66. The van der Waals surface area contributed by atoms with E-state index in [1.54, 1.807) is 0 Å². The van der Waals surface area contributed by atoms with Gasteiger partial charge in [-0.2, -0.15) is 13.2 Å². The molecule has 6 rings (SSSR count). The molecule has 2 N–H and O–H groups in total. The van der Waals surface area contributed by atoms with E-state index >= 15 is 0 Å². The summed E-state index contributed by atoms with van der Waals surface area (Å²) in [6.07, 6.45) is -1.56. The molecule has 3 aromatic rings. The number of nitrogens with one attached hydrogen (secondary N) is 2. The van der Waals surface area contributed by atoms with Gasteiger partial charge < -0.3 is 20.3 Å². The third-order valence-electron chi connectivity index (χ3n) is 7.25. The number of thiophene rings is 1. The number of rotatable bonds is 5. The number of fused-ring (bicyclic) bond motifs is 1. The van der Waals surface area contributed by atoms with Crippen LogP contribution in [0.1, 0.15) is 43.2 Å². The largest absolute Gasteiger partial charge is 0.483 e. The van der Waals surface area contributed by atoms with E-state index < -0.39 is 21.6 Å². The third kappa shape index (κ3) is 5.31. The van der Waals surface area contributed by atoms with Crippen molar-refractivity contribution in [2.45, 2.75) is 49.2 Å². The molecule has 1 atom stereocenters. The minimum absolute atomic E-state index is 0.00978. The fourth-order valence-corrected chi connectivity index (χ4v) is 7.91. The van der Waals surface area contributed by atoms with Gasteiger partial charge in [-0.3, -0.25) is 0 Å². The normalized spacial score (nSPS) is 21.1. The van der Waals surface area contributed by atoms with Crippen LogP contribution in [0, 0.1) is 0 Å². The minimum Gasteiger partial charge on any atom is -0.483 e. The first kappa shape index (κ1) is 26.3. The van der Waals surface area contributed by atoms with Crippen molar-refractivity contribution >= 4 is 38.5 Å². The predicted molar refractivity (Wildman–Crippen MR) is 144 cm³/mol. The van der Waals surface area contributed by atoms with Crippen molar-refractivity contribution in [3.05, 3.63) is 41.6 Å². The SMILES string of the molecule is C[C@H]1CNCCN1c1ccc(Nc2ncc(C(F)(F)F)c(-c3cc4c(s3)OCCCS4(=O)=O)n2)c(C2CC2)c1. The molecule has 1 aromatic carbocycles. The molecule has 1 aliphatic carbocycles. The number of nitrogens with zero attached hydrogens (tertiary/aromatic N) is 3. The molecule has 39 heavy (non-hydrogen) atoms. The zero-order chi connectivity index (χ0) is 27.4. The zero-order valence-electron chi connectivity index (χ0n) is 21.2. The van der Waals surface area contributed by atoms with Gasteiger partial charge in [0.1, 0.15) is 10.5 Å². The Hall–Kier alpha value is -2.90. The van der Waals surface area contributed by atoms with Crippen LogP contribution < -0.4 is 20.3 Å². The van der Waals surface area contributed by atoms with Crippen molar-refractivity contribution in [3.63, 3.8) is 0 Å². The van der Waals surface area contributed by atoms with E-state index in [9.17, 15) is 21.6 Å². The molecule has 208 valence electrons.